The number of nitrogens with two attached hydrogens (primary N) is 1. The molecule has 3 nitrogen and oxygen atoms in total. The van der Waals surface area contributed by atoms with Gasteiger partial charge in [0.15, 0.2) is 0 Å². The van der Waals surface area contributed by atoms with Crippen molar-refractivity contribution in [3.63, 3.8) is 0 Å². The van der Waals surface area contributed by atoms with Crippen LogP contribution in [-0.2, 0) is 13.1 Å². The number of benzene rings is 1. The van der Waals surface area contributed by atoms with E-state index in [0.717, 1.165) is 19.1 Å². The average Bonchev–Trinajstić information content (AvgIpc) is 2.49. The summed E-state index contributed by atoms with van der Waals surface area (Å²) in [4.78, 5) is 2.64. The smallest absolute Gasteiger partial charge is 0.0205 e. The zero-order valence-electron chi connectivity index (χ0n) is 12.8. The Morgan fingerprint density at radius 1 is 1.20 bits per heavy atom. The Balaban J connectivity index is 1.58. The minimum Gasteiger partial charge on any atom is -0.326 e. The number of nitrogens with one attached hydrogen (secondary N) is 1. The number of hydrogen-bond donors (Lipinski definition) is 2. The Labute approximate surface area is 123 Å². The van der Waals surface area contributed by atoms with Gasteiger partial charge in [-0.3, -0.25) is 0 Å². The van der Waals surface area contributed by atoms with Crippen molar-refractivity contribution in [1.29, 1.82) is 0 Å². The van der Waals surface area contributed by atoms with Gasteiger partial charge in [0.05, 0.1) is 0 Å². The molecule has 1 aromatic carbocycles. The summed E-state index contributed by atoms with van der Waals surface area (Å²) in [5.74, 6) is 0. The molecule has 1 heterocycles. The molecule has 0 aromatic heterocycles. The summed E-state index contributed by atoms with van der Waals surface area (Å²) < 4.78 is 0. The van der Waals surface area contributed by atoms with Crippen LogP contribution in [0.2, 0.25) is 0 Å². The van der Waals surface area contributed by atoms with Gasteiger partial charge >= 0.3 is 0 Å². The van der Waals surface area contributed by atoms with Crippen LogP contribution in [0.3, 0.4) is 0 Å². The van der Waals surface area contributed by atoms with Gasteiger partial charge < -0.3 is 16.0 Å². The second-order valence-corrected chi connectivity index (χ2v) is 5.93. The van der Waals surface area contributed by atoms with Crippen molar-refractivity contribution in [2.45, 2.75) is 51.7 Å². The monoisotopic (exact) mass is 275 g/mol. The van der Waals surface area contributed by atoms with Crippen LogP contribution >= 0.6 is 0 Å². The van der Waals surface area contributed by atoms with Crippen molar-refractivity contribution in [3.8, 4) is 0 Å². The predicted octanol–water partition coefficient (Wildman–Crippen LogP) is 2.50. The first-order valence-corrected chi connectivity index (χ1v) is 8.02. The van der Waals surface area contributed by atoms with Gasteiger partial charge in [-0.25, -0.2) is 0 Å². The highest BCUT2D eigenvalue weighted by Gasteiger charge is 2.16. The third kappa shape index (κ3) is 4.89. The van der Waals surface area contributed by atoms with Crippen LogP contribution in [0, 0.1) is 0 Å². The molecule has 2 rings (SSSR count). The fraction of sp³-hybridized carbons (Fsp3) is 0.647. The van der Waals surface area contributed by atoms with Crippen molar-refractivity contribution in [2.24, 2.45) is 5.73 Å². The minimum atomic E-state index is 0.627. The molecule has 1 atom stereocenters. The van der Waals surface area contributed by atoms with Crippen LogP contribution in [0.5, 0.6) is 0 Å². The molecule has 0 amide bonds. The van der Waals surface area contributed by atoms with Crippen molar-refractivity contribution < 1.29 is 0 Å². The number of rotatable bonds is 7. The molecule has 0 aliphatic carbocycles. The van der Waals surface area contributed by atoms with E-state index in [1.54, 1.807) is 0 Å². The molecule has 112 valence electrons. The molecule has 0 bridgehead atoms. The molecule has 1 aromatic rings. The van der Waals surface area contributed by atoms with Gasteiger partial charge in [0.2, 0.25) is 0 Å². The van der Waals surface area contributed by atoms with Crippen LogP contribution in [0.15, 0.2) is 24.3 Å². The lowest BCUT2D eigenvalue weighted by Gasteiger charge is -2.33. The summed E-state index contributed by atoms with van der Waals surface area (Å²) >= 11 is 0. The van der Waals surface area contributed by atoms with Crippen LogP contribution in [0.25, 0.3) is 0 Å². The number of piperidine rings is 1. The van der Waals surface area contributed by atoms with E-state index in [0.29, 0.717) is 6.54 Å². The lowest BCUT2D eigenvalue weighted by molar-refractivity contribution is 0.159. The van der Waals surface area contributed by atoms with E-state index in [1.165, 1.54) is 49.9 Å². The first kappa shape index (κ1) is 15.5. The minimum absolute atomic E-state index is 0.627. The van der Waals surface area contributed by atoms with Gasteiger partial charge in [-0.1, -0.05) is 30.7 Å². The standard InChI is InChI=1S/C17H29N3/c1-15-5-2-3-11-20(15)12-4-10-19-14-17-8-6-16(13-18)7-9-17/h6-9,15,19H,2-5,10-14,18H2,1H3. The summed E-state index contributed by atoms with van der Waals surface area (Å²) in [6.45, 7) is 7.58. The van der Waals surface area contributed by atoms with Gasteiger partial charge in [0.25, 0.3) is 0 Å². The highest BCUT2D eigenvalue weighted by molar-refractivity contribution is 5.22. The molecule has 1 saturated heterocycles. The summed E-state index contributed by atoms with van der Waals surface area (Å²) in [5, 5.41) is 3.54. The predicted molar refractivity (Wildman–Crippen MR) is 85.5 cm³/mol. The van der Waals surface area contributed by atoms with Gasteiger partial charge in [-0.15, -0.1) is 0 Å². The van der Waals surface area contributed by atoms with Crippen LogP contribution in [0.4, 0.5) is 0 Å². The Morgan fingerprint density at radius 2 is 1.95 bits per heavy atom. The van der Waals surface area contributed by atoms with E-state index in [4.69, 9.17) is 5.73 Å². The Kier molecular flexibility index (Phi) is 6.51. The average molecular weight is 275 g/mol. The summed E-state index contributed by atoms with van der Waals surface area (Å²) in [6.07, 6.45) is 5.41. The molecular formula is C17H29N3. The van der Waals surface area contributed by atoms with Crippen molar-refractivity contribution in [2.75, 3.05) is 19.6 Å². The van der Waals surface area contributed by atoms with Crippen molar-refractivity contribution in [3.05, 3.63) is 35.4 Å². The molecular weight excluding hydrogens is 246 g/mol. The third-order valence-corrected chi connectivity index (χ3v) is 4.33. The van der Waals surface area contributed by atoms with E-state index >= 15 is 0 Å². The Bertz CT molecular complexity index is 374. The van der Waals surface area contributed by atoms with Crippen LogP contribution in [-0.4, -0.2) is 30.6 Å². The first-order valence-electron chi connectivity index (χ1n) is 8.02. The van der Waals surface area contributed by atoms with Crippen LogP contribution in [0.1, 0.15) is 43.7 Å². The van der Waals surface area contributed by atoms with Crippen molar-refractivity contribution >= 4 is 0 Å². The number of likely N-dealkylation sites (tertiary alicyclic amines) is 1. The molecule has 3 N–H and O–H groups in total. The molecule has 3 heteroatoms. The molecule has 1 aliphatic heterocycles. The summed E-state index contributed by atoms with van der Waals surface area (Å²) in [5.41, 5.74) is 8.14. The molecule has 0 radical (unpaired) electrons. The molecule has 1 aliphatic rings. The van der Waals surface area contributed by atoms with Crippen LogP contribution < -0.4 is 11.1 Å². The molecule has 20 heavy (non-hydrogen) atoms. The fourth-order valence-electron chi connectivity index (χ4n) is 2.92. The van der Waals surface area contributed by atoms with Crippen molar-refractivity contribution in [1.82, 2.24) is 10.2 Å². The van der Waals surface area contributed by atoms with Gasteiger partial charge in [0.1, 0.15) is 0 Å². The second kappa shape index (κ2) is 8.40. The lowest BCUT2D eigenvalue weighted by atomic mass is 10.0. The van der Waals surface area contributed by atoms with E-state index < -0.39 is 0 Å². The number of nitrogens with zero attached hydrogens (tertiary/aromatic N) is 1. The quantitative estimate of drug-likeness (QED) is 0.751. The van der Waals surface area contributed by atoms with Gasteiger partial charge in [0, 0.05) is 19.1 Å². The fourth-order valence-corrected chi connectivity index (χ4v) is 2.92. The maximum absolute atomic E-state index is 5.60. The molecule has 0 spiro atoms. The second-order valence-electron chi connectivity index (χ2n) is 5.93. The maximum Gasteiger partial charge on any atom is 0.0205 e. The van der Waals surface area contributed by atoms with Gasteiger partial charge in [-0.05, 0) is 56.9 Å². The highest BCUT2D eigenvalue weighted by atomic mass is 15.2. The first-order chi connectivity index (χ1) is 9.79. The summed E-state index contributed by atoms with van der Waals surface area (Å²) in [7, 11) is 0. The third-order valence-electron chi connectivity index (χ3n) is 4.33. The van der Waals surface area contributed by atoms with E-state index in [2.05, 4.69) is 41.4 Å². The maximum atomic E-state index is 5.60. The zero-order valence-corrected chi connectivity index (χ0v) is 12.8. The largest absolute Gasteiger partial charge is 0.326 e. The van der Waals surface area contributed by atoms with E-state index in [1.807, 2.05) is 0 Å². The topological polar surface area (TPSA) is 41.3 Å². The number of hydrogen-bond acceptors (Lipinski definition) is 3. The zero-order chi connectivity index (χ0) is 14.2. The lowest BCUT2D eigenvalue weighted by Crippen LogP contribution is -2.38. The SMILES string of the molecule is CC1CCCCN1CCCNCc1ccc(CN)cc1. The van der Waals surface area contributed by atoms with Gasteiger partial charge in [-0.2, -0.15) is 0 Å². The van der Waals surface area contributed by atoms with E-state index in [-0.39, 0.29) is 0 Å². The molecule has 1 unspecified atom stereocenters. The molecule has 1 fully saturated rings. The normalized spacial score (nSPS) is 20.2. The van der Waals surface area contributed by atoms with E-state index in [9.17, 15) is 0 Å². The summed E-state index contributed by atoms with van der Waals surface area (Å²) in [6, 6.07) is 9.36. The highest BCUT2D eigenvalue weighted by Crippen LogP contribution is 2.16. The Morgan fingerprint density at radius 3 is 2.65 bits per heavy atom. The molecule has 0 saturated carbocycles. The Hall–Kier alpha value is -0.900.